The van der Waals surface area contributed by atoms with Crippen molar-refractivity contribution in [2.75, 3.05) is 50.0 Å². The number of carbonyl (C=O) groups is 2. The molecule has 7 heteroatoms. The molecule has 0 bridgehead atoms. The lowest BCUT2D eigenvalue weighted by Crippen LogP contribution is -2.36. The van der Waals surface area contributed by atoms with Gasteiger partial charge in [-0.25, -0.2) is 4.98 Å². The number of carbonyl (C=O) groups excluding carboxylic acids is 2. The van der Waals surface area contributed by atoms with Crippen molar-refractivity contribution >= 4 is 34.1 Å². The van der Waals surface area contributed by atoms with Gasteiger partial charge in [0.1, 0.15) is 11.6 Å². The average Bonchev–Trinajstić information content (AvgIpc) is 3.43. The van der Waals surface area contributed by atoms with Gasteiger partial charge in [0.15, 0.2) is 0 Å². The van der Waals surface area contributed by atoms with E-state index in [1.54, 1.807) is 0 Å². The number of aromatic nitrogens is 1. The molecule has 2 saturated heterocycles. The monoisotopic (exact) mass is 500 g/mol. The van der Waals surface area contributed by atoms with Gasteiger partial charge in [-0.05, 0) is 53.8 Å². The molecule has 2 aromatic carbocycles. The fourth-order valence-electron chi connectivity index (χ4n) is 5.19. The number of anilines is 2. The van der Waals surface area contributed by atoms with Crippen molar-refractivity contribution in [1.29, 1.82) is 0 Å². The smallest absolute Gasteiger partial charge is 0.254 e. The molecule has 2 aliphatic rings. The summed E-state index contributed by atoms with van der Waals surface area (Å²) in [6.07, 6.45) is 2.32. The van der Waals surface area contributed by atoms with Gasteiger partial charge in [0.05, 0.1) is 24.4 Å². The van der Waals surface area contributed by atoms with Crippen molar-refractivity contribution in [3.8, 4) is 11.1 Å². The number of hydrogen-bond acceptors (Lipinski definition) is 6. The molecular formula is C30H36N4O3. The summed E-state index contributed by atoms with van der Waals surface area (Å²) in [5.74, 6) is 0.676. The molecule has 3 heterocycles. The molecule has 0 spiro atoms. The van der Waals surface area contributed by atoms with Crippen LogP contribution in [-0.4, -0.2) is 61.0 Å². The molecule has 7 nitrogen and oxygen atoms in total. The number of ether oxygens (including phenoxy) is 1. The Morgan fingerprint density at radius 3 is 2.43 bits per heavy atom. The van der Waals surface area contributed by atoms with Gasteiger partial charge in [-0.1, -0.05) is 39.0 Å². The number of morpholine rings is 1. The van der Waals surface area contributed by atoms with Crippen LogP contribution in [0, 0.1) is 5.41 Å². The Morgan fingerprint density at radius 2 is 1.73 bits per heavy atom. The second-order valence-corrected chi connectivity index (χ2v) is 11.1. The fraction of sp³-hybridized carbons (Fsp3) is 0.433. The van der Waals surface area contributed by atoms with E-state index in [2.05, 4.69) is 22.0 Å². The summed E-state index contributed by atoms with van der Waals surface area (Å²) in [5.41, 5.74) is 10.8. The molecule has 0 unspecified atom stereocenters. The van der Waals surface area contributed by atoms with Crippen LogP contribution in [0.3, 0.4) is 0 Å². The Hall–Kier alpha value is -3.45. The van der Waals surface area contributed by atoms with Crippen molar-refractivity contribution in [3.05, 3.63) is 53.6 Å². The SMILES string of the molecule is CC(C)(C)C(=O)Cc1cccc(C(=O)N2CCCC2)c1-c1ccc2nc(N)c(N3CCOCC3)cc2c1. The molecule has 1 amide bonds. The van der Waals surface area contributed by atoms with E-state index in [1.807, 2.05) is 56.0 Å². The Bertz CT molecular complexity index is 1330. The van der Waals surface area contributed by atoms with Gasteiger partial charge in [0.2, 0.25) is 0 Å². The highest BCUT2D eigenvalue weighted by Gasteiger charge is 2.27. The number of nitrogen functional groups attached to an aromatic ring is 1. The third-order valence-corrected chi connectivity index (χ3v) is 7.43. The van der Waals surface area contributed by atoms with Crippen LogP contribution in [0.15, 0.2) is 42.5 Å². The van der Waals surface area contributed by atoms with Crippen LogP contribution < -0.4 is 10.6 Å². The molecule has 2 aliphatic heterocycles. The zero-order chi connectivity index (χ0) is 26.2. The van der Waals surface area contributed by atoms with Gasteiger partial charge in [-0.2, -0.15) is 0 Å². The molecule has 2 fully saturated rings. The number of rotatable bonds is 5. The molecule has 37 heavy (non-hydrogen) atoms. The van der Waals surface area contributed by atoms with Crippen molar-refractivity contribution in [2.45, 2.75) is 40.0 Å². The standard InChI is InChI=1S/C30H36N4O3/c1-30(2,3)26(35)19-20-7-6-8-23(29(36)34-11-4-5-12-34)27(20)21-9-10-24-22(17-21)18-25(28(31)32-24)33-13-15-37-16-14-33/h6-10,17-18H,4-5,11-16,19H2,1-3H3,(H2,31,32). The van der Waals surface area contributed by atoms with Gasteiger partial charge in [-0.3, -0.25) is 9.59 Å². The number of nitrogens with two attached hydrogens (primary N) is 1. The van der Waals surface area contributed by atoms with Gasteiger partial charge in [0, 0.05) is 49.0 Å². The molecule has 0 aliphatic carbocycles. The quantitative estimate of drug-likeness (QED) is 0.546. The first-order valence-corrected chi connectivity index (χ1v) is 13.2. The average molecular weight is 501 g/mol. The summed E-state index contributed by atoms with van der Waals surface area (Å²) >= 11 is 0. The summed E-state index contributed by atoms with van der Waals surface area (Å²) < 4.78 is 5.51. The Kier molecular flexibility index (Phi) is 6.90. The highest BCUT2D eigenvalue weighted by Crippen LogP contribution is 2.35. The van der Waals surface area contributed by atoms with E-state index in [0.717, 1.165) is 72.3 Å². The minimum Gasteiger partial charge on any atom is -0.382 e. The summed E-state index contributed by atoms with van der Waals surface area (Å²) in [6, 6.07) is 13.9. The maximum absolute atomic E-state index is 13.6. The van der Waals surface area contributed by atoms with Gasteiger partial charge >= 0.3 is 0 Å². The van der Waals surface area contributed by atoms with Gasteiger partial charge in [-0.15, -0.1) is 0 Å². The third kappa shape index (κ3) is 5.18. The van der Waals surface area contributed by atoms with Gasteiger partial charge in [0.25, 0.3) is 5.91 Å². The first kappa shape index (κ1) is 25.2. The number of benzene rings is 2. The van der Waals surface area contributed by atoms with E-state index in [1.165, 1.54) is 0 Å². The first-order valence-electron chi connectivity index (χ1n) is 13.2. The number of fused-ring (bicyclic) bond motifs is 1. The Labute approximate surface area is 218 Å². The normalized spacial score (nSPS) is 16.4. The summed E-state index contributed by atoms with van der Waals surface area (Å²) in [6.45, 7) is 10.2. The van der Waals surface area contributed by atoms with Crippen LogP contribution in [0.2, 0.25) is 0 Å². The Balaban J connectivity index is 1.63. The fourth-order valence-corrected chi connectivity index (χ4v) is 5.19. The Morgan fingerprint density at radius 1 is 1.00 bits per heavy atom. The van der Waals surface area contributed by atoms with Crippen molar-refractivity contribution in [2.24, 2.45) is 5.41 Å². The number of amides is 1. The number of nitrogens with zero attached hydrogens (tertiary/aromatic N) is 3. The second-order valence-electron chi connectivity index (χ2n) is 11.1. The summed E-state index contributed by atoms with van der Waals surface area (Å²) in [5, 5.41) is 0.949. The molecule has 3 aromatic rings. The van der Waals surface area contributed by atoms with Crippen LogP contribution in [0.4, 0.5) is 11.5 Å². The van der Waals surface area contributed by atoms with E-state index in [9.17, 15) is 9.59 Å². The molecule has 0 radical (unpaired) electrons. The molecular weight excluding hydrogens is 464 g/mol. The minimum atomic E-state index is -0.468. The number of hydrogen-bond donors (Lipinski definition) is 1. The zero-order valence-electron chi connectivity index (χ0n) is 22.0. The molecule has 1 aromatic heterocycles. The number of Topliss-reactive ketones (excluding diaryl/α,β-unsaturated/α-hetero) is 1. The van der Waals surface area contributed by atoms with Crippen molar-refractivity contribution in [3.63, 3.8) is 0 Å². The molecule has 2 N–H and O–H groups in total. The summed E-state index contributed by atoms with van der Waals surface area (Å²) in [4.78, 5) is 35.5. The highest BCUT2D eigenvalue weighted by molar-refractivity contribution is 6.04. The van der Waals surface area contributed by atoms with Crippen molar-refractivity contribution < 1.29 is 14.3 Å². The molecule has 194 valence electrons. The van der Waals surface area contributed by atoms with Crippen LogP contribution in [0.5, 0.6) is 0 Å². The number of ketones is 1. The third-order valence-electron chi connectivity index (χ3n) is 7.43. The van der Waals surface area contributed by atoms with Gasteiger partial charge < -0.3 is 20.3 Å². The second kappa shape index (κ2) is 10.1. The molecule has 0 saturated carbocycles. The largest absolute Gasteiger partial charge is 0.382 e. The number of likely N-dealkylation sites (tertiary alicyclic amines) is 1. The molecule has 5 rings (SSSR count). The van der Waals surface area contributed by atoms with E-state index >= 15 is 0 Å². The van der Waals surface area contributed by atoms with Crippen LogP contribution in [0.1, 0.15) is 49.5 Å². The highest BCUT2D eigenvalue weighted by atomic mass is 16.5. The molecule has 0 atom stereocenters. The zero-order valence-corrected chi connectivity index (χ0v) is 22.0. The first-order chi connectivity index (χ1) is 17.7. The van der Waals surface area contributed by atoms with Crippen LogP contribution >= 0.6 is 0 Å². The maximum Gasteiger partial charge on any atom is 0.254 e. The van der Waals surface area contributed by atoms with Crippen LogP contribution in [0.25, 0.3) is 22.0 Å². The lowest BCUT2D eigenvalue weighted by Gasteiger charge is -2.29. The lowest BCUT2D eigenvalue weighted by atomic mass is 9.84. The van der Waals surface area contributed by atoms with E-state index in [4.69, 9.17) is 10.5 Å². The predicted octanol–water partition coefficient (Wildman–Crippen LogP) is 4.71. The lowest BCUT2D eigenvalue weighted by molar-refractivity contribution is -0.125. The van der Waals surface area contributed by atoms with E-state index in [0.29, 0.717) is 24.6 Å². The van der Waals surface area contributed by atoms with E-state index < -0.39 is 5.41 Å². The topological polar surface area (TPSA) is 88.8 Å². The predicted molar refractivity (Wildman–Crippen MR) is 148 cm³/mol. The summed E-state index contributed by atoms with van der Waals surface area (Å²) in [7, 11) is 0. The minimum absolute atomic E-state index is 0.0297. The van der Waals surface area contributed by atoms with Crippen LogP contribution in [-0.2, 0) is 16.0 Å². The number of pyridine rings is 1. The van der Waals surface area contributed by atoms with Crippen molar-refractivity contribution in [1.82, 2.24) is 9.88 Å². The maximum atomic E-state index is 13.6. The van der Waals surface area contributed by atoms with E-state index in [-0.39, 0.29) is 18.1 Å².